The van der Waals surface area contributed by atoms with Crippen LogP contribution in [0, 0.1) is 0 Å². The topological polar surface area (TPSA) is 30.2 Å². The zero-order valence-corrected chi connectivity index (χ0v) is 5.84. The first-order valence-corrected chi connectivity index (χ1v) is 3.08. The molecule has 0 radical (unpaired) electrons. The molecule has 1 aromatic heterocycles. The van der Waals surface area contributed by atoms with Gasteiger partial charge in [-0.05, 0) is 35.9 Å². The highest BCUT2D eigenvalue weighted by Crippen LogP contribution is 2.13. The summed E-state index contributed by atoms with van der Waals surface area (Å²) in [6.07, 6.45) is 3.56. The van der Waals surface area contributed by atoms with Gasteiger partial charge < -0.3 is 4.42 Å². The van der Waals surface area contributed by atoms with Crippen molar-refractivity contribution in [2.75, 3.05) is 0 Å². The Morgan fingerprint density at radius 3 is 2.80 bits per heavy atom. The molecule has 0 aliphatic carbocycles. The summed E-state index contributed by atoms with van der Waals surface area (Å²) in [5, 5.41) is 0.325. The highest BCUT2D eigenvalue weighted by molar-refractivity contribution is 6.28. The molecule has 1 heterocycles. The van der Waals surface area contributed by atoms with Crippen LogP contribution < -0.4 is 0 Å². The van der Waals surface area contributed by atoms with Crippen molar-refractivity contribution in [2.24, 2.45) is 0 Å². The van der Waals surface area contributed by atoms with Crippen LogP contribution in [-0.4, -0.2) is 6.29 Å². The molecule has 0 saturated carbocycles. The van der Waals surface area contributed by atoms with Gasteiger partial charge in [0.2, 0.25) is 0 Å². The molecule has 0 spiro atoms. The molecular formula is C7H5ClO2. The third-order valence-corrected chi connectivity index (χ3v) is 1.14. The number of allylic oxidation sites excluding steroid dienone is 1. The fraction of sp³-hybridized carbons (Fsp3) is 0. The largest absolute Gasteiger partial charge is 0.445 e. The Balaban J connectivity index is 2.75. The maximum absolute atomic E-state index is 9.82. The first-order chi connectivity index (χ1) is 4.83. The summed E-state index contributed by atoms with van der Waals surface area (Å²) in [4.78, 5) is 9.82. The Morgan fingerprint density at radius 2 is 2.30 bits per heavy atom. The lowest BCUT2D eigenvalue weighted by atomic mass is 10.4. The van der Waals surface area contributed by atoms with Gasteiger partial charge in [-0.1, -0.05) is 0 Å². The Hall–Kier alpha value is -1.02. The number of aldehydes is 1. The number of hydrogen-bond acceptors (Lipinski definition) is 2. The molecule has 1 aromatic rings. The van der Waals surface area contributed by atoms with E-state index in [2.05, 4.69) is 0 Å². The quantitative estimate of drug-likeness (QED) is 0.485. The van der Waals surface area contributed by atoms with E-state index in [9.17, 15) is 4.79 Å². The van der Waals surface area contributed by atoms with Crippen molar-refractivity contribution in [2.45, 2.75) is 0 Å². The molecule has 0 saturated heterocycles. The molecule has 1 rings (SSSR count). The molecule has 0 atom stereocenters. The fourth-order valence-corrected chi connectivity index (χ4v) is 0.704. The van der Waals surface area contributed by atoms with Crippen molar-refractivity contribution in [1.82, 2.24) is 0 Å². The molecule has 0 unspecified atom stereocenters. The highest BCUT2D eigenvalue weighted by atomic mass is 35.5. The molecule has 0 fully saturated rings. The lowest BCUT2D eigenvalue weighted by Crippen LogP contribution is -1.60. The Kier molecular flexibility index (Phi) is 2.29. The van der Waals surface area contributed by atoms with Gasteiger partial charge in [-0.2, -0.15) is 0 Å². The number of carbonyl (C=O) groups is 1. The van der Waals surface area contributed by atoms with E-state index in [1.54, 1.807) is 18.2 Å². The number of rotatable bonds is 2. The monoisotopic (exact) mass is 156 g/mol. The summed E-state index contributed by atoms with van der Waals surface area (Å²) in [6.45, 7) is 0. The van der Waals surface area contributed by atoms with Crippen molar-refractivity contribution in [1.29, 1.82) is 0 Å². The summed E-state index contributed by atoms with van der Waals surface area (Å²) in [6, 6.07) is 3.30. The molecule has 0 N–H and O–H groups in total. The first kappa shape index (κ1) is 7.09. The molecule has 2 nitrogen and oxygen atoms in total. The fourth-order valence-electron chi connectivity index (χ4n) is 0.552. The van der Waals surface area contributed by atoms with Gasteiger partial charge in [0.1, 0.15) is 12.0 Å². The average Bonchev–Trinajstić information content (AvgIpc) is 2.31. The van der Waals surface area contributed by atoms with Gasteiger partial charge in [0.05, 0.1) is 0 Å². The average molecular weight is 157 g/mol. The Bertz CT molecular complexity index is 250. The Labute approximate surface area is 63.1 Å². The van der Waals surface area contributed by atoms with Gasteiger partial charge in [0, 0.05) is 0 Å². The van der Waals surface area contributed by atoms with Crippen LogP contribution in [0.25, 0.3) is 6.08 Å². The molecule has 0 aliphatic rings. The molecule has 0 amide bonds. The second kappa shape index (κ2) is 3.22. The van der Waals surface area contributed by atoms with E-state index >= 15 is 0 Å². The van der Waals surface area contributed by atoms with Gasteiger partial charge in [-0.25, -0.2) is 0 Å². The van der Waals surface area contributed by atoms with E-state index in [0.717, 1.165) is 0 Å². The molecule has 0 aromatic carbocycles. The van der Waals surface area contributed by atoms with Gasteiger partial charge in [0.15, 0.2) is 5.22 Å². The van der Waals surface area contributed by atoms with Crippen molar-refractivity contribution in [3.05, 3.63) is 29.2 Å². The van der Waals surface area contributed by atoms with Crippen molar-refractivity contribution >= 4 is 24.0 Å². The normalized spacial score (nSPS) is 10.5. The van der Waals surface area contributed by atoms with Crippen molar-refractivity contribution < 1.29 is 9.21 Å². The Morgan fingerprint density at radius 1 is 1.50 bits per heavy atom. The summed E-state index contributed by atoms with van der Waals surface area (Å²) >= 11 is 5.45. The SMILES string of the molecule is O=CC=Cc1ccc(Cl)o1. The maximum atomic E-state index is 9.82. The predicted octanol–water partition coefficient (Wildman–Crippen LogP) is 2.15. The van der Waals surface area contributed by atoms with Crippen LogP contribution in [0.1, 0.15) is 5.76 Å². The summed E-state index contributed by atoms with van der Waals surface area (Å²) in [5.41, 5.74) is 0. The standard InChI is InChI=1S/C7H5ClO2/c8-7-4-3-6(10-7)2-1-5-9/h1-5H. The van der Waals surface area contributed by atoms with Crippen molar-refractivity contribution in [3.8, 4) is 0 Å². The van der Waals surface area contributed by atoms with E-state index in [0.29, 0.717) is 17.3 Å². The zero-order chi connectivity index (χ0) is 7.40. The molecule has 10 heavy (non-hydrogen) atoms. The van der Waals surface area contributed by atoms with E-state index in [1.165, 1.54) is 6.08 Å². The van der Waals surface area contributed by atoms with Crippen LogP contribution >= 0.6 is 11.6 Å². The second-order valence-electron chi connectivity index (χ2n) is 1.64. The lowest BCUT2D eigenvalue weighted by molar-refractivity contribution is -0.104. The summed E-state index contributed by atoms with van der Waals surface area (Å²) in [7, 11) is 0. The lowest BCUT2D eigenvalue weighted by Gasteiger charge is -1.78. The number of hydrogen-bond donors (Lipinski definition) is 0. The van der Waals surface area contributed by atoms with Crippen molar-refractivity contribution in [3.63, 3.8) is 0 Å². The number of furan rings is 1. The van der Waals surface area contributed by atoms with E-state index in [-0.39, 0.29) is 0 Å². The predicted molar refractivity (Wildman–Crippen MR) is 38.8 cm³/mol. The maximum Gasteiger partial charge on any atom is 0.193 e. The number of halogens is 1. The van der Waals surface area contributed by atoms with Crippen LogP contribution in [0.5, 0.6) is 0 Å². The first-order valence-electron chi connectivity index (χ1n) is 2.70. The van der Waals surface area contributed by atoms with Crippen LogP contribution in [0.15, 0.2) is 22.6 Å². The van der Waals surface area contributed by atoms with Gasteiger partial charge >= 0.3 is 0 Å². The smallest absolute Gasteiger partial charge is 0.193 e. The zero-order valence-electron chi connectivity index (χ0n) is 5.08. The van der Waals surface area contributed by atoms with Crippen LogP contribution in [0.4, 0.5) is 0 Å². The third kappa shape index (κ3) is 1.74. The molecular weight excluding hydrogens is 152 g/mol. The van der Waals surface area contributed by atoms with Crippen LogP contribution in [0.3, 0.4) is 0 Å². The van der Waals surface area contributed by atoms with Crippen LogP contribution in [-0.2, 0) is 4.79 Å². The number of carbonyl (C=O) groups excluding carboxylic acids is 1. The van der Waals surface area contributed by atoms with E-state index in [1.807, 2.05) is 0 Å². The summed E-state index contributed by atoms with van der Waals surface area (Å²) in [5.74, 6) is 0.581. The third-order valence-electron chi connectivity index (χ3n) is 0.933. The molecule has 0 aliphatic heterocycles. The van der Waals surface area contributed by atoms with Crippen LogP contribution in [0.2, 0.25) is 5.22 Å². The van der Waals surface area contributed by atoms with E-state index < -0.39 is 0 Å². The molecule has 3 heteroatoms. The minimum Gasteiger partial charge on any atom is -0.445 e. The minimum absolute atomic E-state index is 0.325. The van der Waals surface area contributed by atoms with E-state index in [4.69, 9.17) is 16.0 Å². The summed E-state index contributed by atoms with van der Waals surface area (Å²) < 4.78 is 4.91. The highest BCUT2D eigenvalue weighted by Gasteiger charge is 1.92. The van der Waals surface area contributed by atoms with Gasteiger partial charge in [0.25, 0.3) is 0 Å². The van der Waals surface area contributed by atoms with Gasteiger partial charge in [-0.3, -0.25) is 4.79 Å². The van der Waals surface area contributed by atoms with Gasteiger partial charge in [-0.15, -0.1) is 0 Å². The molecule has 52 valence electrons. The molecule has 0 bridgehead atoms. The second-order valence-corrected chi connectivity index (χ2v) is 2.01. The minimum atomic E-state index is 0.325.